The van der Waals surface area contributed by atoms with Gasteiger partial charge < -0.3 is 15.4 Å². The van der Waals surface area contributed by atoms with Crippen LogP contribution in [0.25, 0.3) is 0 Å². The van der Waals surface area contributed by atoms with Gasteiger partial charge in [0.25, 0.3) is 11.8 Å². The molecule has 0 saturated carbocycles. The van der Waals surface area contributed by atoms with Gasteiger partial charge in [-0.25, -0.2) is 0 Å². The van der Waals surface area contributed by atoms with Crippen LogP contribution in [0.3, 0.4) is 0 Å². The number of amides is 4. The van der Waals surface area contributed by atoms with Gasteiger partial charge in [0, 0.05) is 25.1 Å². The number of rotatable bonds is 12. The van der Waals surface area contributed by atoms with Gasteiger partial charge in [0.1, 0.15) is 12.3 Å². The molecule has 30 heavy (non-hydrogen) atoms. The van der Waals surface area contributed by atoms with Crippen molar-refractivity contribution in [2.45, 2.75) is 51.1 Å². The molecule has 8 heteroatoms. The fourth-order valence-corrected chi connectivity index (χ4v) is 3.07. The van der Waals surface area contributed by atoms with Crippen LogP contribution in [0.4, 0.5) is 0 Å². The lowest BCUT2D eigenvalue weighted by molar-refractivity contribution is -0.137. The molecule has 0 aromatic heterocycles. The van der Waals surface area contributed by atoms with Crippen LogP contribution >= 0.6 is 0 Å². The summed E-state index contributed by atoms with van der Waals surface area (Å²) in [6, 6.07) is 7.92. The summed E-state index contributed by atoms with van der Waals surface area (Å²) >= 11 is 0. The molecule has 2 rings (SSSR count). The van der Waals surface area contributed by atoms with Crippen molar-refractivity contribution in [3.05, 3.63) is 48.0 Å². The van der Waals surface area contributed by atoms with E-state index in [1.54, 1.807) is 6.92 Å². The Morgan fingerprint density at radius 2 is 1.67 bits per heavy atom. The van der Waals surface area contributed by atoms with Crippen LogP contribution in [-0.2, 0) is 30.4 Å². The SMILES string of the molecule is C[C@H](NC(=O)CCCCCN1C(=O)C=CC1=O)C(=O)N[C@H](C=O)Cc1ccccc1. The Labute approximate surface area is 175 Å². The van der Waals surface area contributed by atoms with E-state index in [0.717, 1.165) is 5.56 Å². The third-order valence-corrected chi connectivity index (χ3v) is 4.75. The number of hydrogen-bond acceptors (Lipinski definition) is 5. The summed E-state index contributed by atoms with van der Waals surface area (Å²) in [6.07, 6.45) is 5.67. The quantitative estimate of drug-likeness (QED) is 0.300. The van der Waals surface area contributed by atoms with Crippen LogP contribution in [0.15, 0.2) is 42.5 Å². The van der Waals surface area contributed by atoms with Crippen molar-refractivity contribution in [1.82, 2.24) is 15.5 Å². The third kappa shape index (κ3) is 7.27. The molecule has 4 amide bonds. The molecule has 0 unspecified atom stereocenters. The van der Waals surface area contributed by atoms with Crippen LogP contribution in [0.1, 0.15) is 38.2 Å². The number of unbranched alkanes of at least 4 members (excludes halogenated alkanes) is 2. The van der Waals surface area contributed by atoms with Crippen molar-refractivity contribution in [2.75, 3.05) is 6.54 Å². The number of imide groups is 1. The highest BCUT2D eigenvalue weighted by Gasteiger charge is 2.22. The average molecular weight is 413 g/mol. The van der Waals surface area contributed by atoms with Crippen molar-refractivity contribution in [3.8, 4) is 0 Å². The lowest BCUT2D eigenvalue weighted by atomic mass is 10.1. The smallest absolute Gasteiger partial charge is 0.253 e. The molecular formula is C22H27N3O5. The molecule has 2 atom stereocenters. The number of carbonyl (C=O) groups is 5. The standard InChI is InChI=1S/C22H27N3O5/c1-16(22(30)24-18(15-26)14-17-8-4-2-5-9-17)23-19(27)10-6-3-7-13-25-20(28)11-12-21(25)29/h2,4-5,8-9,11-12,15-16,18H,3,6-7,10,13-14H2,1H3,(H,23,27)(H,24,30)/t16-,18-/m0/s1. The minimum Gasteiger partial charge on any atom is -0.345 e. The van der Waals surface area contributed by atoms with Crippen LogP contribution in [0.2, 0.25) is 0 Å². The van der Waals surface area contributed by atoms with Gasteiger partial charge in [0.2, 0.25) is 11.8 Å². The molecule has 1 aliphatic rings. The molecule has 0 fully saturated rings. The minimum absolute atomic E-state index is 0.235. The van der Waals surface area contributed by atoms with Gasteiger partial charge in [-0.15, -0.1) is 0 Å². The van der Waals surface area contributed by atoms with Gasteiger partial charge in [-0.3, -0.25) is 24.1 Å². The summed E-state index contributed by atoms with van der Waals surface area (Å²) in [6.45, 7) is 1.90. The number of benzene rings is 1. The molecule has 0 spiro atoms. The molecule has 1 aromatic carbocycles. The third-order valence-electron chi connectivity index (χ3n) is 4.75. The number of nitrogens with zero attached hydrogens (tertiary/aromatic N) is 1. The predicted molar refractivity (Wildman–Crippen MR) is 110 cm³/mol. The van der Waals surface area contributed by atoms with E-state index in [0.29, 0.717) is 38.5 Å². The fourth-order valence-electron chi connectivity index (χ4n) is 3.07. The van der Waals surface area contributed by atoms with Crippen LogP contribution in [0, 0.1) is 0 Å². The zero-order valence-electron chi connectivity index (χ0n) is 17.0. The second kappa shape index (κ2) is 11.6. The highest BCUT2D eigenvalue weighted by Crippen LogP contribution is 2.08. The molecule has 0 radical (unpaired) electrons. The van der Waals surface area contributed by atoms with Crippen LogP contribution < -0.4 is 10.6 Å². The first-order chi connectivity index (χ1) is 14.4. The highest BCUT2D eigenvalue weighted by molar-refractivity contribution is 6.12. The molecule has 1 heterocycles. The maximum atomic E-state index is 12.3. The van der Waals surface area contributed by atoms with E-state index in [1.165, 1.54) is 17.1 Å². The van der Waals surface area contributed by atoms with Gasteiger partial charge in [0.15, 0.2) is 0 Å². The van der Waals surface area contributed by atoms with Crippen molar-refractivity contribution in [2.24, 2.45) is 0 Å². The first-order valence-electron chi connectivity index (χ1n) is 10.0. The van der Waals surface area contributed by atoms with Gasteiger partial charge in [-0.2, -0.15) is 0 Å². The fraction of sp³-hybridized carbons (Fsp3) is 0.409. The van der Waals surface area contributed by atoms with Gasteiger partial charge >= 0.3 is 0 Å². The number of carbonyl (C=O) groups excluding carboxylic acids is 5. The van der Waals surface area contributed by atoms with E-state index in [9.17, 15) is 24.0 Å². The van der Waals surface area contributed by atoms with Gasteiger partial charge in [-0.05, 0) is 31.7 Å². The van der Waals surface area contributed by atoms with Crippen LogP contribution in [0.5, 0.6) is 0 Å². The molecule has 160 valence electrons. The van der Waals surface area contributed by atoms with Gasteiger partial charge in [0.05, 0.1) is 6.04 Å². The number of hydrogen-bond donors (Lipinski definition) is 2. The van der Waals surface area contributed by atoms with E-state index in [2.05, 4.69) is 10.6 Å². The Hall–Kier alpha value is -3.29. The number of aldehydes is 1. The summed E-state index contributed by atoms with van der Waals surface area (Å²) in [4.78, 5) is 59.6. The van der Waals surface area contributed by atoms with Crippen molar-refractivity contribution < 1.29 is 24.0 Å². The zero-order chi connectivity index (χ0) is 21.9. The molecule has 2 N–H and O–H groups in total. The molecular weight excluding hydrogens is 386 g/mol. The molecule has 0 aliphatic carbocycles. The van der Waals surface area contributed by atoms with E-state index in [-0.39, 0.29) is 24.1 Å². The summed E-state index contributed by atoms with van der Waals surface area (Å²) in [5.74, 6) is -1.30. The first-order valence-corrected chi connectivity index (χ1v) is 10.0. The molecule has 0 bridgehead atoms. The monoisotopic (exact) mass is 413 g/mol. The van der Waals surface area contributed by atoms with Crippen molar-refractivity contribution in [3.63, 3.8) is 0 Å². The van der Waals surface area contributed by atoms with E-state index in [4.69, 9.17) is 0 Å². The Morgan fingerprint density at radius 3 is 2.30 bits per heavy atom. The second-order valence-electron chi connectivity index (χ2n) is 7.20. The van der Waals surface area contributed by atoms with Gasteiger partial charge in [-0.1, -0.05) is 36.8 Å². The van der Waals surface area contributed by atoms with Crippen molar-refractivity contribution >= 4 is 29.9 Å². The molecule has 8 nitrogen and oxygen atoms in total. The molecule has 0 saturated heterocycles. The predicted octanol–water partition coefficient (Wildman–Crippen LogP) is 0.903. The maximum Gasteiger partial charge on any atom is 0.253 e. The topological polar surface area (TPSA) is 113 Å². The Morgan fingerprint density at radius 1 is 1.00 bits per heavy atom. The summed E-state index contributed by atoms with van der Waals surface area (Å²) in [7, 11) is 0. The van der Waals surface area contributed by atoms with Crippen LogP contribution in [-0.4, -0.2) is 53.4 Å². The Bertz CT molecular complexity index is 788. The Balaban J connectivity index is 1.64. The van der Waals surface area contributed by atoms with Crippen molar-refractivity contribution in [1.29, 1.82) is 0 Å². The minimum atomic E-state index is -0.762. The lowest BCUT2D eigenvalue weighted by Gasteiger charge is -2.18. The number of nitrogens with one attached hydrogen (secondary N) is 2. The second-order valence-corrected chi connectivity index (χ2v) is 7.20. The van der Waals surface area contributed by atoms with E-state index < -0.39 is 18.0 Å². The normalized spacial score (nSPS) is 15.0. The summed E-state index contributed by atoms with van der Waals surface area (Å²) in [5.41, 5.74) is 0.930. The summed E-state index contributed by atoms with van der Waals surface area (Å²) in [5, 5.41) is 5.26. The molecule has 1 aliphatic heterocycles. The van der Waals surface area contributed by atoms with E-state index in [1.807, 2.05) is 30.3 Å². The summed E-state index contributed by atoms with van der Waals surface area (Å²) < 4.78 is 0. The first kappa shape index (κ1) is 23.0. The maximum absolute atomic E-state index is 12.3. The largest absolute Gasteiger partial charge is 0.345 e. The zero-order valence-corrected chi connectivity index (χ0v) is 17.0. The average Bonchev–Trinajstić information content (AvgIpc) is 3.05. The Kier molecular flexibility index (Phi) is 8.93. The highest BCUT2D eigenvalue weighted by atomic mass is 16.2. The van der Waals surface area contributed by atoms with E-state index >= 15 is 0 Å². The molecule has 1 aromatic rings. The lowest BCUT2D eigenvalue weighted by Crippen LogP contribution is -2.49.